The van der Waals surface area contributed by atoms with Crippen LogP contribution in [0.1, 0.15) is 5.56 Å². The molecule has 0 aliphatic carbocycles. The predicted octanol–water partition coefficient (Wildman–Crippen LogP) is 1.86. The summed E-state index contributed by atoms with van der Waals surface area (Å²) in [7, 11) is 0. The van der Waals surface area contributed by atoms with Crippen LogP contribution in [0.2, 0.25) is 0 Å². The fourth-order valence-corrected chi connectivity index (χ4v) is 2.59. The van der Waals surface area contributed by atoms with Crippen LogP contribution in [0.5, 0.6) is 0 Å². The molecule has 4 nitrogen and oxygen atoms in total. The van der Waals surface area contributed by atoms with E-state index in [1.807, 2.05) is 59.6 Å². The SMILES string of the molecule is O=C(/C=C/c1ccccc1)N1CCN(c2cccc[nH+]2)CC1. The summed E-state index contributed by atoms with van der Waals surface area (Å²) in [4.78, 5) is 19.6. The van der Waals surface area contributed by atoms with Gasteiger partial charge in [-0.25, -0.2) is 4.98 Å². The molecule has 2 heterocycles. The third-order valence-electron chi connectivity index (χ3n) is 3.84. The minimum Gasteiger partial charge on any atom is -0.331 e. The molecule has 1 fully saturated rings. The van der Waals surface area contributed by atoms with Gasteiger partial charge in [0.2, 0.25) is 5.91 Å². The van der Waals surface area contributed by atoms with E-state index in [4.69, 9.17) is 0 Å². The number of amides is 1. The van der Waals surface area contributed by atoms with E-state index >= 15 is 0 Å². The summed E-state index contributed by atoms with van der Waals surface area (Å²) in [6.45, 7) is 3.21. The lowest BCUT2D eigenvalue weighted by molar-refractivity contribution is -0.364. The Hall–Kier alpha value is -2.62. The molecule has 1 aliphatic heterocycles. The molecule has 1 amide bonds. The number of rotatable bonds is 3. The van der Waals surface area contributed by atoms with Gasteiger partial charge in [0.05, 0.1) is 19.3 Å². The van der Waals surface area contributed by atoms with Gasteiger partial charge in [-0.3, -0.25) is 9.69 Å². The zero-order chi connectivity index (χ0) is 15.2. The van der Waals surface area contributed by atoms with Crippen LogP contribution in [-0.4, -0.2) is 37.0 Å². The van der Waals surface area contributed by atoms with E-state index in [2.05, 4.69) is 16.0 Å². The van der Waals surface area contributed by atoms with Crippen LogP contribution in [0, 0.1) is 0 Å². The molecular weight excluding hydrogens is 274 g/mol. The lowest BCUT2D eigenvalue weighted by atomic mass is 10.2. The van der Waals surface area contributed by atoms with Crippen LogP contribution in [0.25, 0.3) is 6.08 Å². The van der Waals surface area contributed by atoms with Crippen molar-refractivity contribution in [2.45, 2.75) is 0 Å². The number of anilines is 1. The molecule has 1 aromatic heterocycles. The third kappa shape index (κ3) is 3.52. The zero-order valence-electron chi connectivity index (χ0n) is 12.5. The second-order valence-corrected chi connectivity index (χ2v) is 5.30. The topological polar surface area (TPSA) is 37.7 Å². The van der Waals surface area contributed by atoms with E-state index < -0.39 is 0 Å². The third-order valence-corrected chi connectivity index (χ3v) is 3.84. The van der Waals surface area contributed by atoms with E-state index in [0.29, 0.717) is 0 Å². The molecule has 0 spiro atoms. The molecule has 0 bridgehead atoms. The maximum absolute atomic E-state index is 12.2. The van der Waals surface area contributed by atoms with Crippen molar-refractivity contribution in [2.24, 2.45) is 0 Å². The summed E-state index contributed by atoms with van der Waals surface area (Å²) in [5, 5.41) is 0. The van der Waals surface area contributed by atoms with Crippen molar-refractivity contribution in [3.05, 3.63) is 66.4 Å². The first-order valence-electron chi connectivity index (χ1n) is 7.56. The minimum absolute atomic E-state index is 0.0838. The Bertz CT molecular complexity index is 632. The Kier molecular flexibility index (Phi) is 4.49. The lowest BCUT2D eigenvalue weighted by Crippen LogP contribution is -2.49. The Labute approximate surface area is 130 Å². The average molecular weight is 294 g/mol. The Morgan fingerprint density at radius 3 is 2.36 bits per heavy atom. The summed E-state index contributed by atoms with van der Waals surface area (Å²) in [5.41, 5.74) is 1.05. The van der Waals surface area contributed by atoms with Crippen LogP contribution in [0.4, 0.5) is 5.82 Å². The number of carbonyl (C=O) groups excluding carboxylic acids is 1. The average Bonchev–Trinajstić information content (AvgIpc) is 2.61. The second-order valence-electron chi connectivity index (χ2n) is 5.30. The fraction of sp³-hybridized carbons (Fsp3) is 0.222. The molecule has 0 unspecified atom stereocenters. The Balaban J connectivity index is 1.55. The van der Waals surface area contributed by atoms with Crippen molar-refractivity contribution in [3.8, 4) is 0 Å². The van der Waals surface area contributed by atoms with Crippen LogP contribution >= 0.6 is 0 Å². The standard InChI is InChI=1S/C18H19N3O/c22-18(10-9-16-6-2-1-3-7-16)21-14-12-20(13-15-21)17-8-4-5-11-19-17/h1-11H,12-15H2/p+1/b10-9+. The molecule has 0 radical (unpaired) electrons. The number of piperazine rings is 1. The van der Waals surface area contributed by atoms with Crippen molar-refractivity contribution in [2.75, 3.05) is 31.1 Å². The monoisotopic (exact) mass is 294 g/mol. The van der Waals surface area contributed by atoms with Gasteiger partial charge in [-0.1, -0.05) is 36.4 Å². The molecule has 1 aromatic carbocycles. The molecule has 3 rings (SSSR count). The molecule has 0 saturated carbocycles. The van der Waals surface area contributed by atoms with E-state index in [1.165, 1.54) is 0 Å². The minimum atomic E-state index is 0.0838. The van der Waals surface area contributed by atoms with E-state index in [9.17, 15) is 4.79 Å². The van der Waals surface area contributed by atoms with Gasteiger partial charge in [0.1, 0.15) is 13.1 Å². The number of benzene rings is 1. The van der Waals surface area contributed by atoms with Crippen LogP contribution in [0.15, 0.2) is 60.8 Å². The highest BCUT2D eigenvalue weighted by Gasteiger charge is 2.24. The van der Waals surface area contributed by atoms with Gasteiger partial charge < -0.3 is 4.90 Å². The van der Waals surface area contributed by atoms with Crippen LogP contribution < -0.4 is 9.88 Å². The maximum atomic E-state index is 12.2. The first kappa shape index (κ1) is 14.3. The first-order valence-corrected chi connectivity index (χ1v) is 7.56. The number of carbonyl (C=O) groups is 1. The van der Waals surface area contributed by atoms with Gasteiger partial charge in [-0.05, 0) is 17.7 Å². The van der Waals surface area contributed by atoms with Gasteiger partial charge in [0.25, 0.3) is 5.82 Å². The lowest BCUT2D eigenvalue weighted by Gasteiger charge is -2.30. The van der Waals surface area contributed by atoms with Crippen molar-refractivity contribution in [1.29, 1.82) is 0 Å². The van der Waals surface area contributed by atoms with Crippen molar-refractivity contribution in [3.63, 3.8) is 0 Å². The molecule has 0 atom stereocenters. The van der Waals surface area contributed by atoms with E-state index in [0.717, 1.165) is 37.6 Å². The number of pyridine rings is 1. The van der Waals surface area contributed by atoms with E-state index in [-0.39, 0.29) is 5.91 Å². The molecule has 112 valence electrons. The second kappa shape index (κ2) is 6.89. The normalized spacial score (nSPS) is 15.3. The van der Waals surface area contributed by atoms with Crippen molar-refractivity contribution < 1.29 is 9.78 Å². The Morgan fingerprint density at radius 2 is 1.68 bits per heavy atom. The molecular formula is C18H20N3O+. The van der Waals surface area contributed by atoms with Crippen molar-refractivity contribution >= 4 is 17.8 Å². The molecule has 4 heteroatoms. The largest absolute Gasteiger partial charge is 0.331 e. The Morgan fingerprint density at radius 1 is 0.955 bits per heavy atom. The maximum Gasteiger partial charge on any atom is 0.274 e. The summed E-state index contributed by atoms with van der Waals surface area (Å²) < 4.78 is 0. The highest BCUT2D eigenvalue weighted by molar-refractivity contribution is 5.91. The van der Waals surface area contributed by atoms with E-state index in [1.54, 1.807) is 6.08 Å². The van der Waals surface area contributed by atoms with Crippen LogP contribution in [0.3, 0.4) is 0 Å². The summed E-state index contributed by atoms with van der Waals surface area (Å²) in [6, 6.07) is 16.0. The van der Waals surface area contributed by atoms with Crippen LogP contribution in [-0.2, 0) is 4.79 Å². The molecule has 2 aromatic rings. The number of H-pyrrole nitrogens is 1. The zero-order valence-corrected chi connectivity index (χ0v) is 12.5. The summed E-state index contributed by atoms with van der Waals surface area (Å²) >= 11 is 0. The van der Waals surface area contributed by atoms with Gasteiger partial charge >= 0.3 is 0 Å². The molecule has 1 N–H and O–H groups in total. The molecule has 22 heavy (non-hydrogen) atoms. The number of hydrogen-bond donors (Lipinski definition) is 0. The predicted molar refractivity (Wildman–Crippen MR) is 87.3 cm³/mol. The first-order chi connectivity index (χ1) is 10.8. The van der Waals surface area contributed by atoms with Crippen molar-refractivity contribution in [1.82, 2.24) is 4.90 Å². The number of aromatic nitrogens is 1. The number of nitrogens with zero attached hydrogens (tertiary/aromatic N) is 2. The summed E-state index contributed by atoms with van der Waals surface area (Å²) in [5.74, 6) is 1.19. The highest BCUT2D eigenvalue weighted by Crippen LogP contribution is 2.10. The van der Waals surface area contributed by atoms with Gasteiger partial charge in [0.15, 0.2) is 0 Å². The van der Waals surface area contributed by atoms with Gasteiger partial charge in [-0.15, -0.1) is 0 Å². The van der Waals surface area contributed by atoms with Gasteiger partial charge in [-0.2, -0.15) is 0 Å². The highest BCUT2D eigenvalue weighted by atomic mass is 16.2. The molecule has 1 aliphatic rings. The fourth-order valence-electron chi connectivity index (χ4n) is 2.59. The quantitative estimate of drug-likeness (QED) is 0.810. The molecule has 1 saturated heterocycles. The smallest absolute Gasteiger partial charge is 0.274 e. The number of hydrogen-bond acceptors (Lipinski definition) is 2. The van der Waals surface area contributed by atoms with Gasteiger partial charge in [0, 0.05) is 12.1 Å². The number of aromatic amines is 1. The summed E-state index contributed by atoms with van der Waals surface area (Å²) in [6.07, 6.45) is 5.47. The number of nitrogens with one attached hydrogen (secondary N) is 1.